The minimum absolute atomic E-state index is 0.0752. The van der Waals surface area contributed by atoms with E-state index in [-0.39, 0.29) is 32.0 Å². The first-order valence-electron chi connectivity index (χ1n) is 7.60. The van der Waals surface area contributed by atoms with Crippen molar-refractivity contribution in [2.75, 3.05) is 11.9 Å². The van der Waals surface area contributed by atoms with Gasteiger partial charge >= 0.3 is 5.97 Å². The third-order valence-electron chi connectivity index (χ3n) is 3.33. The van der Waals surface area contributed by atoms with Crippen LogP contribution in [0.25, 0.3) is 6.08 Å². The van der Waals surface area contributed by atoms with Gasteiger partial charge in [-0.2, -0.15) is 0 Å². The van der Waals surface area contributed by atoms with Crippen molar-refractivity contribution < 1.29 is 19.4 Å². The Hall–Kier alpha value is -2.32. The molecular formula is C18H13Cl3N2O4S. The van der Waals surface area contributed by atoms with Gasteiger partial charge in [0.25, 0.3) is 5.91 Å². The zero-order chi connectivity index (χ0) is 20.8. The highest BCUT2D eigenvalue weighted by molar-refractivity contribution is 7.80. The number of phenolic OH excluding ortho intramolecular Hbond substituents is 1. The summed E-state index contributed by atoms with van der Waals surface area (Å²) >= 11 is 22.6. The van der Waals surface area contributed by atoms with Crippen molar-refractivity contribution in [1.82, 2.24) is 0 Å². The number of hydrogen-bond acceptors (Lipinski definition) is 5. The van der Waals surface area contributed by atoms with Crippen LogP contribution in [-0.4, -0.2) is 28.6 Å². The maximum absolute atomic E-state index is 12.2. The van der Waals surface area contributed by atoms with Gasteiger partial charge in [-0.3, -0.25) is 4.79 Å². The van der Waals surface area contributed by atoms with E-state index >= 15 is 0 Å². The molecule has 10 heteroatoms. The Morgan fingerprint density at radius 2 is 1.79 bits per heavy atom. The second-order valence-corrected chi connectivity index (χ2v) is 7.04. The number of carbonyl (C=O) groups is 2. The van der Waals surface area contributed by atoms with E-state index in [1.54, 1.807) is 18.2 Å². The van der Waals surface area contributed by atoms with Gasteiger partial charge in [-0.05, 0) is 24.3 Å². The number of hydrogen-bond donors (Lipinski definition) is 3. The summed E-state index contributed by atoms with van der Waals surface area (Å²) in [6.07, 6.45) is 1.27. The molecule has 0 radical (unpaired) electrons. The summed E-state index contributed by atoms with van der Waals surface area (Å²) in [6.45, 7) is -0.644. The molecule has 0 aliphatic heterocycles. The molecular weight excluding hydrogens is 447 g/mol. The Balaban J connectivity index is 2.08. The lowest BCUT2D eigenvalue weighted by atomic mass is 10.1. The number of halogens is 3. The number of ether oxygens (including phenoxy) is 1. The van der Waals surface area contributed by atoms with Gasteiger partial charge in [-0.1, -0.05) is 65.2 Å². The number of rotatable bonds is 6. The van der Waals surface area contributed by atoms with Crippen LogP contribution in [0.2, 0.25) is 15.1 Å². The molecule has 0 heterocycles. The molecule has 0 aromatic heterocycles. The number of nitrogens with one attached hydrogen (secondary N) is 1. The minimum atomic E-state index is -0.931. The van der Waals surface area contributed by atoms with Crippen molar-refractivity contribution in [3.05, 3.63) is 62.6 Å². The van der Waals surface area contributed by atoms with E-state index in [0.29, 0.717) is 10.6 Å². The topological polar surface area (TPSA) is 102 Å². The molecule has 0 saturated carbocycles. The van der Waals surface area contributed by atoms with Gasteiger partial charge in [0, 0.05) is 10.6 Å². The second kappa shape index (κ2) is 9.75. The van der Waals surface area contributed by atoms with E-state index in [0.717, 1.165) is 0 Å². The van der Waals surface area contributed by atoms with E-state index in [1.807, 2.05) is 0 Å². The number of thiocarbonyl (C=S) groups is 1. The Labute approximate surface area is 180 Å². The highest BCUT2D eigenvalue weighted by Crippen LogP contribution is 2.33. The van der Waals surface area contributed by atoms with Gasteiger partial charge < -0.3 is 20.9 Å². The number of para-hydroxylation sites is 1. The Bertz CT molecular complexity index is 956. The van der Waals surface area contributed by atoms with Crippen molar-refractivity contribution in [2.24, 2.45) is 5.73 Å². The quantitative estimate of drug-likeness (QED) is 0.340. The fourth-order valence-electron chi connectivity index (χ4n) is 2.04. The molecule has 0 unspecified atom stereocenters. The molecule has 146 valence electrons. The van der Waals surface area contributed by atoms with Crippen LogP contribution in [0.1, 0.15) is 5.56 Å². The van der Waals surface area contributed by atoms with E-state index < -0.39 is 18.5 Å². The molecule has 0 atom stereocenters. The van der Waals surface area contributed by atoms with Crippen LogP contribution < -0.4 is 11.1 Å². The molecule has 0 fully saturated rings. The lowest BCUT2D eigenvalue weighted by Gasteiger charge is -2.11. The first-order valence-corrected chi connectivity index (χ1v) is 9.14. The summed E-state index contributed by atoms with van der Waals surface area (Å²) in [5.74, 6) is -1.70. The van der Waals surface area contributed by atoms with Gasteiger partial charge in [0.1, 0.15) is 10.7 Å². The third-order valence-corrected chi connectivity index (χ3v) is 4.36. The van der Waals surface area contributed by atoms with Crippen LogP contribution in [0, 0.1) is 0 Å². The molecule has 0 aliphatic rings. The monoisotopic (exact) mass is 458 g/mol. The molecule has 0 spiro atoms. The van der Waals surface area contributed by atoms with Gasteiger partial charge in [-0.15, -0.1) is 0 Å². The molecule has 2 rings (SSSR count). The summed E-state index contributed by atoms with van der Waals surface area (Å²) in [5.41, 5.74) is 5.82. The van der Waals surface area contributed by atoms with Crippen molar-refractivity contribution in [3.8, 4) is 5.75 Å². The van der Waals surface area contributed by atoms with E-state index in [2.05, 4.69) is 5.32 Å². The average Bonchev–Trinajstić information content (AvgIpc) is 2.61. The van der Waals surface area contributed by atoms with Crippen LogP contribution in [0.5, 0.6) is 5.75 Å². The molecule has 28 heavy (non-hydrogen) atoms. The fraction of sp³-hybridized carbons (Fsp3) is 0.0556. The zero-order valence-corrected chi connectivity index (χ0v) is 17.1. The predicted molar refractivity (Wildman–Crippen MR) is 114 cm³/mol. The average molecular weight is 460 g/mol. The van der Waals surface area contributed by atoms with Crippen molar-refractivity contribution >= 4 is 75.6 Å². The number of nitrogens with two attached hydrogens (primary N) is 1. The van der Waals surface area contributed by atoms with Gasteiger partial charge in [0.15, 0.2) is 6.61 Å². The highest BCUT2D eigenvalue weighted by atomic mass is 35.5. The number of anilines is 1. The lowest BCUT2D eigenvalue weighted by Crippen LogP contribution is -2.25. The molecule has 0 bridgehead atoms. The summed E-state index contributed by atoms with van der Waals surface area (Å²) in [6, 6.07) is 9.05. The molecule has 0 saturated heterocycles. The van der Waals surface area contributed by atoms with Gasteiger partial charge in [0.2, 0.25) is 0 Å². The summed E-state index contributed by atoms with van der Waals surface area (Å²) in [7, 11) is 0. The number of aromatic hydroxyl groups is 1. The summed E-state index contributed by atoms with van der Waals surface area (Å²) < 4.78 is 4.93. The standard InChI is InChI=1S/C18H13Cl3N2O4S/c19-10-6-12(20)16(13(21)7-10)23-15(25)8-27-18(26)11(17(22)28)5-9-3-1-2-4-14(9)24/h1-7,24H,8H2,(H2,22,28)(H,23,25)/b11-5+. The number of amides is 1. The lowest BCUT2D eigenvalue weighted by molar-refractivity contribution is -0.142. The first-order chi connectivity index (χ1) is 13.2. The first kappa shape index (κ1) is 22.0. The number of phenols is 1. The number of benzene rings is 2. The smallest absolute Gasteiger partial charge is 0.341 e. The van der Waals surface area contributed by atoms with Crippen molar-refractivity contribution in [3.63, 3.8) is 0 Å². The van der Waals surface area contributed by atoms with E-state index in [1.165, 1.54) is 24.3 Å². The Morgan fingerprint density at radius 3 is 2.36 bits per heavy atom. The maximum Gasteiger partial charge on any atom is 0.341 e. The van der Waals surface area contributed by atoms with Gasteiger partial charge in [0.05, 0.1) is 21.3 Å². The zero-order valence-electron chi connectivity index (χ0n) is 14.0. The van der Waals surface area contributed by atoms with Crippen LogP contribution in [0.15, 0.2) is 42.0 Å². The Morgan fingerprint density at radius 1 is 1.18 bits per heavy atom. The van der Waals surface area contributed by atoms with Crippen LogP contribution in [0.4, 0.5) is 5.69 Å². The van der Waals surface area contributed by atoms with E-state index in [4.69, 9.17) is 57.5 Å². The van der Waals surface area contributed by atoms with Gasteiger partial charge in [-0.25, -0.2) is 4.79 Å². The maximum atomic E-state index is 12.2. The predicted octanol–water partition coefficient (Wildman–Crippen LogP) is 4.20. The van der Waals surface area contributed by atoms with Crippen molar-refractivity contribution in [2.45, 2.75) is 0 Å². The molecule has 0 aliphatic carbocycles. The fourth-order valence-corrected chi connectivity index (χ4v) is 3.10. The molecule has 6 nitrogen and oxygen atoms in total. The van der Waals surface area contributed by atoms with Crippen LogP contribution >= 0.6 is 47.0 Å². The van der Waals surface area contributed by atoms with Crippen molar-refractivity contribution in [1.29, 1.82) is 0 Å². The van der Waals surface area contributed by atoms with E-state index in [9.17, 15) is 14.7 Å². The third kappa shape index (κ3) is 5.84. The highest BCUT2D eigenvalue weighted by Gasteiger charge is 2.18. The number of carbonyl (C=O) groups excluding carboxylic acids is 2. The SMILES string of the molecule is NC(=S)/C(=C\c1ccccc1O)C(=O)OCC(=O)Nc1c(Cl)cc(Cl)cc1Cl. The molecule has 2 aromatic rings. The van der Waals surface area contributed by atoms with Crippen LogP contribution in [0.3, 0.4) is 0 Å². The largest absolute Gasteiger partial charge is 0.507 e. The Kier molecular flexibility index (Phi) is 7.65. The normalized spacial score (nSPS) is 11.0. The molecule has 2 aromatic carbocycles. The number of esters is 1. The minimum Gasteiger partial charge on any atom is -0.507 e. The second-order valence-electron chi connectivity index (χ2n) is 5.35. The summed E-state index contributed by atoms with van der Waals surface area (Å²) in [4.78, 5) is 24.0. The molecule has 1 amide bonds. The molecule has 4 N–H and O–H groups in total. The van der Waals surface area contributed by atoms with Crippen LogP contribution in [-0.2, 0) is 14.3 Å². The summed E-state index contributed by atoms with van der Waals surface area (Å²) in [5, 5.41) is 12.8.